The summed E-state index contributed by atoms with van der Waals surface area (Å²) in [6.07, 6.45) is 0. The molecule has 0 saturated carbocycles. The molecule has 0 unspecified atom stereocenters. The SMILES string of the molecule is CN=C(NCc1ccccc1OC(C)(C)C)NCc1cccc(OC)c1OC. The molecular formula is C22H31N3O3. The smallest absolute Gasteiger partial charge is 0.191 e. The van der Waals surface area contributed by atoms with Gasteiger partial charge in [0.1, 0.15) is 11.4 Å². The molecule has 0 atom stereocenters. The van der Waals surface area contributed by atoms with Crippen LogP contribution in [0.5, 0.6) is 17.2 Å². The largest absolute Gasteiger partial charge is 0.493 e. The molecule has 0 heterocycles. The number of ether oxygens (including phenoxy) is 3. The van der Waals surface area contributed by atoms with Crippen LogP contribution in [0.3, 0.4) is 0 Å². The van der Waals surface area contributed by atoms with E-state index in [0.29, 0.717) is 24.8 Å². The molecule has 6 nitrogen and oxygen atoms in total. The third-order valence-electron chi connectivity index (χ3n) is 3.99. The molecule has 2 N–H and O–H groups in total. The minimum atomic E-state index is -0.251. The molecule has 0 aromatic heterocycles. The third kappa shape index (κ3) is 6.08. The fourth-order valence-corrected chi connectivity index (χ4v) is 2.75. The van der Waals surface area contributed by atoms with Crippen LogP contribution in [-0.2, 0) is 13.1 Å². The molecule has 28 heavy (non-hydrogen) atoms. The van der Waals surface area contributed by atoms with E-state index in [0.717, 1.165) is 22.6 Å². The number of hydrogen-bond donors (Lipinski definition) is 2. The van der Waals surface area contributed by atoms with Crippen LogP contribution in [0.25, 0.3) is 0 Å². The van der Waals surface area contributed by atoms with Crippen LogP contribution >= 0.6 is 0 Å². The van der Waals surface area contributed by atoms with Gasteiger partial charge in [0, 0.05) is 31.3 Å². The van der Waals surface area contributed by atoms with Crippen molar-refractivity contribution in [2.75, 3.05) is 21.3 Å². The quantitative estimate of drug-likeness (QED) is 0.561. The van der Waals surface area contributed by atoms with E-state index < -0.39 is 0 Å². The molecule has 0 spiro atoms. The Morgan fingerprint density at radius 2 is 1.46 bits per heavy atom. The van der Waals surface area contributed by atoms with E-state index in [-0.39, 0.29) is 5.60 Å². The van der Waals surface area contributed by atoms with Gasteiger partial charge in [-0.3, -0.25) is 4.99 Å². The highest BCUT2D eigenvalue weighted by Crippen LogP contribution is 2.30. The van der Waals surface area contributed by atoms with Gasteiger partial charge in [-0.25, -0.2) is 0 Å². The van der Waals surface area contributed by atoms with Gasteiger partial charge >= 0.3 is 0 Å². The highest BCUT2D eigenvalue weighted by Gasteiger charge is 2.15. The number of aliphatic imine (C=N–C) groups is 1. The van der Waals surface area contributed by atoms with Gasteiger partial charge in [0.2, 0.25) is 0 Å². The minimum absolute atomic E-state index is 0.251. The summed E-state index contributed by atoms with van der Waals surface area (Å²) in [6, 6.07) is 13.8. The normalized spacial score (nSPS) is 11.7. The third-order valence-corrected chi connectivity index (χ3v) is 3.99. The highest BCUT2D eigenvalue weighted by molar-refractivity contribution is 5.79. The van der Waals surface area contributed by atoms with Crippen LogP contribution in [-0.4, -0.2) is 32.8 Å². The Hall–Kier alpha value is -2.89. The Kier molecular flexibility index (Phi) is 7.55. The molecule has 0 radical (unpaired) electrons. The lowest BCUT2D eigenvalue weighted by molar-refractivity contribution is 0.129. The van der Waals surface area contributed by atoms with Crippen molar-refractivity contribution in [3.63, 3.8) is 0 Å². The summed E-state index contributed by atoms with van der Waals surface area (Å²) in [7, 11) is 5.02. The number of guanidine groups is 1. The van der Waals surface area contributed by atoms with E-state index in [1.165, 1.54) is 0 Å². The minimum Gasteiger partial charge on any atom is -0.493 e. The summed E-state index contributed by atoms with van der Waals surface area (Å²) in [5.41, 5.74) is 1.81. The maximum Gasteiger partial charge on any atom is 0.191 e. The summed E-state index contributed by atoms with van der Waals surface area (Å²) in [5, 5.41) is 6.65. The van der Waals surface area contributed by atoms with Crippen molar-refractivity contribution in [2.45, 2.75) is 39.5 Å². The van der Waals surface area contributed by atoms with Crippen LogP contribution in [0, 0.1) is 0 Å². The topological polar surface area (TPSA) is 64.1 Å². The first-order chi connectivity index (χ1) is 13.4. The van der Waals surface area contributed by atoms with E-state index in [9.17, 15) is 0 Å². The van der Waals surface area contributed by atoms with Gasteiger partial charge in [-0.15, -0.1) is 0 Å². The van der Waals surface area contributed by atoms with Gasteiger partial charge in [0.15, 0.2) is 17.5 Å². The lowest BCUT2D eigenvalue weighted by Crippen LogP contribution is -2.36. The average Bonchev–Trinajstić information content (AvgIpc) is 2.67. The molecule has 2 aromatic rings. The van der Waals surface area contributed by atoms with Crippen molar-refractivity contribution in [1.82, 2.24) is 10.6 Å². The average molecular weight is 386 g/mol. The van der Waals surface area contributed by atoms with Crippen molar-refractivity contribution in [2.24, 2.45) is 4.99 Å². The van der Waals surface area contributed by atoms with Crippen LogP contribution in [0.1, 0.15) is 31.9 Å². The highest BCUT2D eigenvalue weighted by atomic mass is 16.5. The maximum absolute atomic E-state index is 6.05. The Bertz CT molecular complexity index is 798. The van der Waals surface area contributed by atoms with E-state index >= 15 is 0 Å². The summed E-state index contributed by atoms with van der Waals surface area (Å²) in [5.74, 6) is 2.98. The zero-order valence-corrected chi connectivity index (χ0v) is 17.6. The van der Waals surface area contributed by atoms with Crippen molar-refractivity contribution < 1.29 is 14.2 Å². The first-order valence-electron chi connectivity index (χ1n) is 9.29. The Balaban J connectivity index is 2.02. The van der Waals surface area contributed by atoms with Crippen LogP contribution in [0.15, 0.2) is 47.5 Å². The molecule has 0 amide bonds. The molecular weight excluding hydrogens is 354 g/mol. The maximum atomic E-state index is 6.05. The molecule has 0 saturated heterocycles. The van der Waals surface area contributed by atoms with Gasteiger partial charge in [0.05, 0.1) is 14.2 Å². The summed E-state index contributed by atoms with van der Waals surface area (Å²) in [4.78, 5) is 4.30. The van der Waals surface area contributed by atoms with Crippen molar-refractivity contribution in [3.8, 4) is 17.2 Å². The second-order valence-electron chi connectivity index (χ2n) is 7.25. The molecule has 0 fully saturated rings. The predicted molar refractivity (Wildman–Crippen MR) is 113 cm³/mol. The van der Waals surface area contributed by atoms with E-state index in [1.54, 1.807) is 21.3 Å². The standard InChI is InChI=1S/C22H31N3O3/c1-22(2,3)28-18-12-8-7-10-16(18)14-24-21(23-4)25-15-17-11-9-13-19(26-5)20(17)27-6/h7-13H,14-15H2,1-6H3,(H2,23,24,25). The number of hydrogen-bond acceptors (Lipinski definition) is 4. The molecule has 152 valence electrons. The van der Waals surface area contributed by atoms with Gasteiger partial charge in [-0.05, 0) is 32.9 Å². The summed E-state index contributed by atoms with van der Waals surface area (Å²) >= 11 is 0. The number of nitrogens with zero attached hydrogens (tertiary/aromatic N) is 1. The molecule has 0 aliphatic carbocycles. The summed E-state index contributed by atoms with van der Waals surface area (Å²) in [6.45, 7) is 7.28. The van der Waals surface area contributed by atoms with Gasteiger partial charge in [-0.1, -0.05) is 30.3 Å². The van der Waals surface area contributed by atoms with Gasteiger partial charge < -0.3 is 24.8 Å². The molecule has 2 rings (SSSR count). The number of rotatable bonds is 7. The van der Waals surface area contributed by atoms with Crippen molar-refractivity contribution >= 4 is 5.96 Å². The molecule has 0 bridgehead atoms. The molecule has 6 heteroatoms. The van der Waals surface area contributed by atoms with Gasteiger partial charge in [-0.2, -0.15) is 0 Å². The lowest BCUT2D eigenvalue weighted by Gasteiger charge is -2.23. The van der Waals surface area contributed by atoms with E-state index in [1.807, 2.05) is 63.2 Å². The zero-order chi connectivity index (χ0) is 20.6. The fourth-order valence-electron chi connectivity index (χ4n) is 2.75. The number of para-hydroxylation sites is 2. The second-order valence-corrected chi connectivity index (χ2v) is 7.25. The van der Waals surface area contributed by atoms with E-state index in [4.69, 9.17) is 14.2 Å². The first-order valence-corrected chi connectivity index (χ1v) is 9.29. The summed E-state index contributed by atoms with van der Waals surface area (Å²) < 4.78 is 16.9. The molecule has 0 aliphatic rings. The van der Waals surface area contributed by atoms with Crippen LogP contribution in [0.4, 0.5) is 0 Å². The molecule has 2 aromatic carbocycles. The number of nitrogens with one attached hydrogen (secondary N) is 2. The Labute approximate surface area is 167 Å². The number of benzene rings is 2. The Morgan fingerprint density at radius 1 is 0.857 bits per heavy atom. The lowest BCUT2D eigenvalue weighted by atomic mass is 10.1. The molecule has 0 aliphatic heterocycles. The Morgan fingerprint density at radius 3 is 2.07 bits per heavy atom. The van der Waals surface area contributed by atoms with E-state index in [2.05, 4.69) is 15.6 Å². The van der Waals surface area contributed by atoms with Crippen LogP contribution in [0.2, 0.25) is 0 Å². The fraction of sp³-hybridized carbons (Fsp3) is 0.409. The monoisotopic (exact) mass is 385 g/mol. The number of methoxy groups -OCH3 is 2. The van der Waals surface area contributed by atoms with Crippen molar-refractivity contribution in [1.29, 1.82) is 0 Å². The van der Waals surface area contributed by atoms with Crippen molar-refractivity contribution in [3.05, 3.63) is 53.6 Å². The predicted octanol–water partition coefficient (Wildman–Crippen LogP) is 3.75. The second kappa shape index (κ2) is 9.88. The zero-order valence-electron chi connectivity index (χ0n) is 17.6. The van der Waals surface area contributed by atoms with Gasteiger partial charge in [0.25, 0.3) is 0 Å². The first kappa shape index (κ1) is 21.4. The van der Waals surface area contributed by atoms with Crippen LogP contribution < -0.4 is 24.8 Å².